The molecule has 0 spiro atoms. The number of benzene rings is 2. The molecule has 2 aliphatic heterocycles. The van der Waals surface area contributed by atoms with Gasteiger partial charge in [0.1, 0.15) is 11.8 Å². The summed E-state index contributed by atoms with van der Waals surface area (Å²) in [5.41, 5.74) is 3.11. The van der Waals surface area contributed by atoms with Gasteiger partial charge in [0.25, 0.3) is 5.91 Å². The number of ether oxygens (including phenoxy) is 3. The van der Waals surface area contributed by atoms with Crippen molar-refractivity contribution in [2.45, 2.75) is 19.4 Å². The largest absolute Gasteiger partial charge is 0.467 e. The third-order valence-electron chi connectivity index (χ3n) is 5.36. The van der Waals surface area contributed by atoms with Gasteiger partial charge < -0.3 is 18.6 Å². The van der Waals surface area contributed by atoms with Gasteiger partial charge in [0.15, 0.2) is 18.1 Å². The highest BCUT2D eigenvalue weighted by atomic mass is 16.7. The first kappa shape index (κ1) is 19.9. The molecule has 8 nitrogen and oxygen atoms in total. The fraction of sp³-hybridized carbons (Fsp3) is 0.208. The van der Waals surface area contributed by atoms with Gasteiger partial charge in [0.2, 0.25) is 6.79 Å². The maximum atomic E-state index is 13.0. The van der Waals surface area contributed by atoms with E-state index in [2.05, 4.69) is 5.10 Å². The molecule has 3 aromatic rings. The van der Waals surface area contributed by atoms with Crippen molar-refractivity contribution < 1.29 is 28.2 Å². The van der Waals surface area contributed by atoms with E-state index >= 15 is 0 Å². The summed E-state index contributed by atoms with van der Waals surface area (Å²) in [6, 6.07) is 15.8. The molecule has 0 saturated heterocycles. The molecule has 0 radical (unpaired) electrons. The molecule has 1 unspecified atom stereocenters. The number of esters is 1. The SMILES string of the molecule is Cc1ccc(C2=NN(C(=O)COC(=O)c3ccc4c(c3)OCO4)C(c3ccco3)C2)cc1. The predicted octanol–water partition coefficient (Wildman–Crippen LogP) is 3.85. The smallest absolute Gasteiger partial charge is 0.338 e. The number of hydrogen-bond acceptors (Lipinski definition) is 7. The molecule has 2 aromatic carbocycles. The van der Waals surface area contributed by atoms with Crippen LogP contribution in [0.25, 0.3) is 0 Å². The van der Waals surface area contributed by atoms with Crippen LogP contribution in [0.5, 0.6) is 11.5 Å². The van der Waals surface area contributed by atoms with Gasteiger partial charge in [-0.2, -0.15) is 5.10 Å². The summed E-state index contributed by atoms with van der Waals surface area (Å²) < 4.78 is 21.3. The number of rotatable bonds is 5. The first-order chi connectivity index (χ1) is 15.6. The number of amides is 1. The Kier molecular flexibility index (Phi) is 5.10. The van der Waals surface area contributed by atoms with E-state index in [4.69, 9.17) is 18.6 Å². The lowest BCUT2D eigenvalue weighted by Gasteiger charge is -2.19. The number of carbonyl (C=O) groups excluding carboxylic acids is 2. The fourth-order valence-corrected chi connectivity index (χ4v) is 3.66. The number of fused-ring (bicyclic) bond motifs is 1. The Labute approximate surface area is 184 Å². The normalized spacial score (nSPS) is 16.7. The maximum absolute atomic E-state index is 13.0. The van der Waals surface area contributed by atoms with Gasteiger partial charge in [-0.25, -0.2) is 9.80 Å². The summed E-state index contributed by atoms with van der Waals surface area (Å²) in [5.74, 6) is 0.576. The molecular formula is C24H20N2O6. The standard InChI is InChI=1S/C24H20N2O6/c1-15-4-6-16(7-5-15)18-12-19(20-3-2-10-29-20)26(25-18)23(27)13-30-24(28)17-8-9-21-22(11-17)32-14-31-21/h2-11,19H,12-14H2,1H3. The number of hydrazone groups is 1. The van der Waals surface area contributed by atoms with Crippen LogP contribution in [-0.4, -0.2) is 36.0 Å². The molecule has 0 bridgehead atoms. The molecule has 0 fully saturated rings. The first-order valence-electron chi connectivity index (χ1n) is 10.2. The van der Waals surface area contributed by atoms with Crippen molar-refractivity contribution >= 4 is 17.6 Å². The van der Waals surface area contributed by atoms with Crippen molar-refractivity contribution in [3.63, 3.8) is 0 Å². The van der Waals surface area contributed by atoms with Gasteiger partial charge in [-0.15, -0.1) is 0 Å². The number of furan rings is 1. The zero-order chi connectivity index (χ0) is 22.1. The van der Waals surface area contributed by atoms with Gasteiger partial charge in [-0.1, -0.05) is 29.8 Å². The van der Waals surface area contributed by atoms with Crippen molar-refractivity contribution in [3.05, 3.63) is 83.3 Å². The second-order valence-electron chi connectivity index (χ2n) is 7.53. The highest BCUT2D eigenvalue weighted by Gasteiger charge is 2.35. The number of aryl methyl sites for hydroxylation is 1. The monoisotopic (exact) mass is 432 g/mol. The predicted molar refractivity (Wildman–Crippen MR) is 113 cm³/mol. The quantitative estimate of drug-likeness (QED) is 0.569. The van der Waals surface area contributed by atoms with Gasteiger partial charge in [-0.3, -0.25) is 4.79 Å². The molecule has 3 heterocycles. The Morgan fingerprint density at radius 1 is 1.09 bits per heavy atom. The van der Waals surface area contributed by atoms with Crippen molar-refractivity contribution in [2.75, 3.05) is 13.4 Å². The Morgan fingerprint density at radius 3 is 2.69 bits per heavy atom. The minimum atomic E-state index is -0.631. The zero-order valence-corrected chi connectivity index (χ0v) is 17.3. The second kappa shape index (κ2) is 8.22. The van der Waals surface area contributed by atoms with Crippen molar-refractivity contribution in [2.24, 2.45) is 5.10 Å². The molecular weight excluding hydrogens is 412 g/mol. The van der Waals surface area contributed by atoms with Crippen LogP contribution < -0.4 is 9.47 Å². The number of hydrogen-bond donors (Lipinski definition) is 0. The zero-order valence-electron chi connectivity index (χ0n) is 17.3. The summed E-state index contributed by atoms with van der Waals surface area (Å²) in [7, 11) is 0. The number of nitrogens with zero attached hydrogens (tertiary/aromatic N) is 2. The topological polar surface area (TPSA) is 90.6 Å². The van der Waals surface area contributed by atoms with Crippen LogP contribution in [0.15, 0.2) is 70.4 Å². The van der Waals surface area contributed by atoms with Crippen LogP contribution in [0.3, 0.4) is 0 Å². The molecule has 0 N–H and O–H groups in total. The number of carbonyl (C=O) groups is 2. The fourth-order valence-electron chi connectivity index (χ4n) is 3.66. The molecule has 5 rings (SSSR count). The van der Waals surface area contributed by atoms with E-state index in [0.29, 0.717) is 23.7 Å². The molecule has 0 saturated carbocycles. The van der Waals surface area contributed by atoms with Crippen LogP contribution in [-0.2, 0) is 9.53 Å². The highest BCUT2D eigenvalue weighted by Crippen LogP contribution is 2.34. The van der Waals surface area contributed by atoms with Crippen LogP contribution in [0.4, 0.5) is 0 Å². The van der Waals surface area contributed by atoms with Crippen LogP contribution >= 0.6 is 0 Å². The Hall–Kier alpha value is -4.07. The summed E-state index contributed by atoms with van der Waals surface area (Å²) in [6.07, 6.45) is 2.06. The van der Waals surface area contributed by atoms with Gasteiger partial charge in [0.05, 0.1) is 17.5 Å². The van der Waals surface area contributed by atoms with Gasteiger partial charge >= 0.3 is 5.97 Å². The Balaban J connectivity index is 1.31. The molecule has 32 heavy (non-hydrogen) atoms. The minimum Gasteiger partial charge on any atom is -0.467 e. The molecule has 162 valence electrons. The van der Waals surface area contributed by atoms with Crippen LogP contribution in [0.2, 0.25) is 0 Å². The van der Waals surface area contributed by atoms with E-state index in [1.165, 1.54) is 11.1 Å². The molecule has 2 aliphatic rings. The van der Waals surface area contributed by atoms with Crippen molar-refractivity contribution in [3.8, 4) is 11.5 Å². The first-order valence-corrected chi connectivity index (χ1v) is 10.2. The lowest BCUT2D eigenvalue weighted by molar-refractivity contribution is -0.136. The van der Waals surface area contributed by atoms with E-state index in [9.17, 15) is 9.59 Å². The van der Waals surface area contributed by atoms with Crippen molar-refractivity contribution in [1.29, 1.82) is 0 Å². The third kappa shape index (κ3) is 3.82. The van der Waals surface area contributed by atoms with E-state index < -0.39 is 24.5 Å². The Bertz CT molecular complexity index is 1180. The van der Waals surface area contributed by atoms with Crippen molar-refractivity contribution in [1.82, 2.24) is 5.01 Å². The maximum Gasteiger partial charge on any atom is 0.338 e. The second-order valence-corrected chi connectivity index (χ2v) is 7.53. The minimum absolute atomic E-state index is 0.108. The van der Waals surface area contributed by atoms with Crippen LogP contribution in [0, 0.1) is 6.92 Å². The van der Waals surface area contributed by atoms with E-state index in [-0.39, 0.29) is 12.4 Å². The average molecular weight is 432 g/mol. The molecule has 1 atom stereocenters. The summed E-state index contributed by atoms with van der Waals surface area (Å²) in [5, 5.41) is 5.87. The molecule has 1 amide bonds. The average Bonchev–Trinajstić information content (AvgIpc) is 3.57. The Morgan fingerprint density at radius 2 is 1.91 bits per heavy atom. The third-order valence-corrected chi connectivity index (χ3v) is 5.36. The van der Waals surface area contributed by atoms with Gasteiger partial charge in [0, 0.05) is 6.42 Å². The molecule has 0 aliphatic carbocycles. The lowest BCUT2D eigenvalue weighted by Crippen LogP contribution is -2.31. The van der Waals surface area contributed by atoms with E-state index in [0.717, 1.165) is 16.8 Å². The summed E-state index contributed by atoms with van der Waals surface area (Å²) >= 11 is 0. The highest BCUT2D eigenvalue weighted by molar-refractivity contribution is 6.03. The summed E-state index contributed by atoms with van der Waals surface area (Å²) in [6.45, 7) is 1.67. The lowest BCUT2D eigenvalue weighted by atomic mass is 10.0. The van der Waals surface area contributed by atoms with E-state index in [1.807, 2.05) is 31.2 Å². The summed E-state index contributed by atoms with van der Waals surface area (Å²) in [4.78, 5) is 25.4. The van der Waals surface area contributed by atoms with Gasteiger partial charge in [-0.05, 0) is 42.8 Å². The van der Waals surface area contributed by atoms with E-state index in [1.54, 1.807) is 30.5 Å². The molecule has 1 aromatic heterocycles. The van der Waals surface area contributed by atoms with Crippen LogP contribution in [0.1, 0.15) is 39.7 Å². The molecule has 8 heteroatoms.